The summed E-state index contributed by atoms with van der Waals surface area (Å²) in [7, 11) is 2.70. The van der Waals surface area contributed by atoms with Gasteiger partial charge in [-0.15, -0.1) is 12.4 Å². The van der Waals surface area contributed by atoms with Crippen LogP contribution in [0.4, 0.5) is 5.69 Å². The molecule has 1 aromatic rings. The van der Waals surface area contributed by atoms with Gasteiger partial charge < -0.3 is 25.1 Å². The molecule has 1 aromatic carbocycles. The van der Waals surface area contributed by atoms with Gasteiger partial charge in [0.15, 0.2) is 11.5 Å². The predicted octanol–water partition coefficient (Wildman–Crippen LogP) is 1.27. The van der Waals surface area contributed by atoms with E-state index < -0.39 is 29.5 Å². The lowest BCUT2D eigenvalue weighted by Gasteiger charge is -2.13. The number of benzene rings is 1. The molecule has 3 N–H and O–H groups in total. The summed E-state index contributed by atoms with van der Waals surface area (Å²) in [5, 5.41) is 19.7. The van der Waals surface area contributed by atoms with Crippen LogP contribution in [-0.2, 0) is 20.9 Å². The summed E-state index contributed by atoms with van der Waals surface area (Å²) < 4.78 is 15.0. The Morgan fingerprint density at radius 2 is 1.84 bits per heavy atom. The van der Waals surface area contributed by atoms with E-state index in [-0.39, 0.29) is 48.0 Å². The zero-order valence-corrected chi connectivity index (χ0v) is 14.4. The molecule has 0 unspecified atom stereocenters. The van der Waals surface area contributed by atoms with Crippen molar-refractivity contribution >= 4 is 30.0 Å². The third-order valence-corrected chi connectivity index (χ3v) is 3.12. The van der Waals surface area contributed by atoms with Crippen LogP contribution in [0.25, 0.3) is 0 Å². The van der Waals surface area contributed by atoms with Crippen molar-refractivity contribution in [2.75, 3.05) is 14.2 Å². The Kier molecular flexibility index (Phi) is 9.24. The number of nitrogens with zero attached hydrogens (tertiary/aromatic N) is 1. The fraction of sp³-hybridized carbons (Fsp3) is 0.429. The second kappa shape index (κ2) is 10.3. The summed E-state index contributed by atoms with van der Waals surface area (Å²) in [6, 6.07) is 1.36. The van der Waals surface area contributed by atoms with Gasteiger partial charge in [0.1, 0.15) is 12.6 Å². The summed E-state index contributed by atoms with van der Waals surface area (Å²) in [5.74, 6) is -1.53. The van der Waals surface area contributed by atoms with Crippen molar-refractivity contribution in [2.24, 2.45) is 5.73 Å². The Balaban J connectivity index is 0.00000576. The van der Waals surface area contributed by atoms with Crippen molar-refractivity contribution in [2.45, 2.75) is 25.5 Å². The van der Waals surface area contributed by atoms with Crippen molar-refractivity contribution in [3.63, 3.8) is 0 Å². The zero-order valence-electron chi connectivity index (χ0n) is 13.6. The lowest BCUT2D eigenvalue weighted by molar-refractivity contribution is -0.385. The lowest BCUT2D eigenvalue weighted by atomic mass is 10.1. The Hall–Kier alpha value is -2.59. The molecule has 0 aliphatic rings. The van der Waals surface area contributed by atoms with E-state index >= 15 is 0 Å². The average molecular weight is 379 g/mol. The molecule has 25 heavy (non-hydrogen) atoms. The number of methoxy groups -OCH3 is 2. The number of carboxylic acid groups (broad SMARTS) is 1. The number of nitro groups is 1. The first-order valence-corrected chi connectivity index (χ1v) is 6.83. The van der Waals surface area contributed by atoms with E-state index in [0.29, 0.717) is 0 Å². The number of nitro benzene ring substituents is 1. The van der Waals surface area contributed by atoms with Crippen LogP contribution in [0.1, 0.15) is 18.4 Å². The second-order valence-electron chi connectivity index (χ2n) is 4.74. The number of carbonyl (C=O) groups is 2. The number of hydrogen-bond acceptors (Lipinski definition) is 8. The number of aliphatic carboxylic acids is 1. The highest BCUT2D eigenvalue weighted by atomic mass is 35.5. The standard InChI is InChI=1S/C14H18N2O8.ClH/c1-22-11-5-8(10(16(20)21)6-12(11)23-2)7-24-14(19)9(15)3-4-13(17)18;/h5-6,9H,3-4,7,15H2,1-2H3,(H,17,18);1H/t9-;/m0./s1. The normalized spacial score (nSPS) is 11.0. The minimum Gasteiger partial charge on any atom is -0.493 e. The van der Waals surface area contributed by atoms with Gasteiger partial charge in [-0.3, -0.25) is 19.7 Å². The highest BCUT2D eigenvalue weighted by molar-refractivity contribution is 5.85. The number of nitrogens with two attached hydrogens (primary N) is 1. The van der Waals surface area contributed by atoms with E-state index in [4.69, 9.17) is 25.1 Å². The van der Waals surface area contributed by atoms with Crippen LogP contribution in [-0.4, -0.2) is 42.2 Å². The van der Waals surface area contributed by atoms with E-state index in [1.165, 1.54) is 20.3 Å². The molecular formula is C14H19ClN2O8. The molecule has 0 bridgehead atoms. The number of ether oxygens (including phenoxy) is 3. The third-order valence-electron chi connectivity index (χ3n) is 3.12. The SMILES string of the molecule is COc1cc(COC(=O)[C@@H](N)CCC(=O)O)c([N+](=O)[O-])cc1OC.Cl. The molecule has 10 nitrogen and oxygen atoms in total. The van der Waals surface area contributed by atoms with E-state index in [9.17, 15) is 19.7 Å². The number of rotatable bonds is 9. The molecule has 0 amide bonds. The smallest absolute Gasteiger partial charge is 0.323 e. The molecule has 0 saturated carbocycles. The van der Waals surface area contributed by atoms with Gasteiger partial charge in [0.2, 0.25) is 0 Å². The van der Waals surface area contributed by atoms with Gasteiger partial charge in [-0.2, -0.15) is 0 Å². The van der Waals surface area contributed by atoms with Gasteiger partial charge in [0, 0.05) is 6.42 Å². The molecule has 140 valence electrons. The van der Waals surface area contributed by atoms with Crippen molar-refractivity contribution in [3.8, 4) is 11.5 Å². The monoisotopic (exact) mass is 378 g/mol. The van der Waals surface area contributed by atoms with Crippen LogP contribution in [0.3, 0.4) is 0 Å². The van der Waals surface area contributed by atoms with Gasteiger partial charge in [-0.25, -0.2) is 0 Å². The Labute approximate surface area is 149 Å². The number of hydrogen-bond donors (Lipinski definition) is 2. The molecule has 0 radical (unpaired) electrons. The van der Waals surface area contributed by atoms with Crippen molar-refractivity contribution in [1.29, 1.82) is 0 Å². The maximum absolute atomic E-state index is 11.7. The van der Waals surface area contributed by atoms with E-state index in [2.05, 4.69) is 0 Å². The fourth-order valence-corrected chi connectivity index (χ4v) is 1.85. The van der Waals surface area contributed by atoms with Crippen LogP contribution in [0.15, 0.2) is 12.1 Å². The van der Waals surface area contributed by atoms with Crippen LogP contribution < -0.4 is 15.2 Å². The average Bonchev–Trinajstić information content (AvgIpc) is 2.56. The molecule has 0 saturated heterocycles. The topological polar surface area (TPSA) is 151 Å². The maximum atomic E-state index is 11.7. The fourth-order valence-electron chi connectivity index (χ4n) is 1.85. The van der Waals surface area contributed by atoms with Gasteiger partial charge in [0.05, 0.1) is 30.8 Å². The summed E-state index contributed by atoms with van der Waals surface area (Å²) in [4.78, 5) is 32.7. The maximum Gasteiger partial charge on any atom is 0.323 e. The number of esters is 1. The molecule has 11 heteroatoms. The number of carboxylic acids is 1. The number of carbonyl (C=O) groups excluding carboxylic acids is 1. The first kappa shape index (κ1) is 22.4. The molecule has 0 aliphatic carbocycles. The van der Waals surface area contributed by atoms with Gasteiger partial charge in [0.25, 0.3) is 5.69 Å². The predicted molar refractivity (Wildman–Crippen MR) is 88.1 cm³/mol. The lowest BCUT2D eigenvalue weighted by Crippen LogP contribution is -2.32. The Bertz CT molecular complexity index is 638. The molecule has 0 fully saturated rings. The first-order chi connectivity index (χ1) is 11.3. The molecule has 0 aromatic heterocycles. The third kappa shape index (κ3) is 6.43. The summed E-state index contributed by atoms with van der Waals surface area (Å²) >= 11 is 0. The molecule has 1 atom stereocenters. The van der Waals surface area contributed by atoms with E-state index in [0.717, 1.165) is 6.07 Å². The van der Waals surface area contributed by atoms with Crippen LogP contribution in [0.5, 0.6) is 11.5 Å². The highest BCUT2D eigenvalue weighted by Crippen LogP contribution is 2.34. The minimum atomic E-state index is -1.12. The molecule has 0 aliphatic heterocycles. The van der Waals surface area contributed by atoms with Crippen molar-refractivity contribution in [1.82, 2.24) is 0 Å². The van der Waals surface area contributed by atoms with Gasteiger partial charge in [-0.05, 0) is 12.5 Å². The Morgan fingerprint density at radius 1 is 1.28 bits per heavy atom. The van der Waals surface area contributed by atoms with Crippen LogP contribution in [0, 0.1) is 10.1 Å². The second-order valence-corrected chi connectivity index (χ2v) is 4.74. The Morgan fingerprint density at radius 3 is 2.32 bits per heavy atom. The zero-order chi connectivity index (χ0) is 18.3. The van der Waals surface area contributed by atoms with E-state index in [1.54, 1.807) is 0 Å². The van der Waals surface area contributed by atoms with Crippen molar-refractivity contribution < 1.29 is 33.8 Å². The van der Waals surface area contributed by atoms with Gasteiger partial charge >= 0.3 is 11.9 Å². The van der Waals surface area contributed by atoms with Gasteiger partial charge in [-0.1, -0.05) is 0 Å². The van der Waals surface area contributed by atoms with Crippen molar-refractivity contribution in [3.05, 3.63) is 27.8 Å². The quantitative estimate of drug-likeness (QED) is 0.367. The van der Waals surface area contributed by atoms with Crippen LogP contribution >= 0.6 is 12.4 Å². The molecule has 0 heterocycles. The molecule has 1 rings (SSSR count). The summed E-state index contributed by atoms with van der Waals surface area (Å²) in [5.41, 5.74) is 5.30. The highest BCUT2D eigenvalue weighted by Gasteiger charge is 2.22. The largest absolute Gasteiger partial charge is 0.493 e. The molecule has 0 spiro atoms. The number of halogens is 1. The van der Waals surface area contributed by atoms with Crippen LogP contribution in [0.2, 0.25) is 0 Å². The van der Waals surface area contributed by atoms with E-state index in [1.807, 2.05) is 0 Å². The summed E-state index contributed by atoms with van der Waals surface area (Å²) in [6.07, 6.45) is -0.380. The first-order valence-electron chi connectivity index (χ1n) is 6.83. The molecular weight excluding hydrogens is 360 g/mol. The summed E-state index contributed by atoms with van der Waals surface area (Å²) in [6.45, 7) is -0.406. The minimum absolute atomic E-state index is 0.